The van der Waals surface area contributed by atoms with Gasteiger partial charge >= 0.3 is 0 Å². The van der Waals surface area contributed by atoms with Gasteiger partial charge in [-0.15, -0.1) is 0 Å². The minimum Gasteiger partial charge on any atom is -0.303 e. The largest absolute Gasteiger partial charge is 0.303 e. The van der Waals surface area contributed by atoms with Crippen molar-refractivity contribution in [2.24, 2.45) is 23.2 Å². The molecule has 4 bridgehead atoms. The second kappa shape index (κ2) is 2.12. The van der Waals surface area contributed by atoms with Crippen LogP contribution in [-0.4, -0.2) is 6.26 Å². The van der Waals surface area contributed by atoms with Crippen LogP contribution in [0.3, 0.4) is 0 Å². The minimum atomic E-state index is -0.258. The lowest BCUT2D eigenvalue weighted by Crippen LogP contribution is -2.46. The Bertz CT molecular complexity index is 224. The first-order valence-electron chi connectivity index (χ1n) is 5.69. The van der Waals surface area contributed by atoms with E-state index in [4.69, 9.17) is 1.37 Å². The molecule has 4 rings (SSSR count). The maximum atomic E-state index is 11.4. The normalized spacial score (nSPS) is 57.0. The molecule has 0 heterocycles. The Kier molecular flexibility index (Phi) is 1.09. The van der Waals surface area contributed by atoms with Gasteiger partial charge in [0, 0.05) is 5.41 Å². The predicted octanol–water partition coefficient (Wildman–Crippen LogP) is 2.40. The van der Waals surface area contributed by atoms with Gasteiger partial charge in [-0.1, -0.05) is 0 Å². The Morgan fingerprint density at radius 2 is 1.50 bits per heavy atom. The van der Waals surface area contributed by atoms with Crippen LogP contribution in [0.25, 0.3) is 0 Å². The molecule has 1 nitrogen and oxygen atoms in total. The molecular formula is C11H16O. The van der Waals surface area contributed by atoms with E-state index >= 15 is 0 Å². The maximum absolute atomic E-state index is 11.4. The van der Waals surface area contributed by atoms with E-state index in [1.807, 2.05) is 0 Å². The minimum absolute atomic E-state index is 0.172. The van der Waals surface area contributed by atoms with Crippen LogP contribution < -0.4 is 0 Å². The summed E-state index contributed by atoms with van der Waals surface area (Å²) in [5.74, 6) is 2.38. The van der Waals surface area contributed by atoms with Crippen molar-refractivity contribution in [3.63, 3.8) is 0 Å². The third kappa shape index (κ3) is 0.826. The number of aldehydes is 1. The lowest BCUT2D eigenvalue weighted by atomic mass is 9.50. The molecule has 0 unspecified atom stereocenters. The molecule has 0 saturated heterocycles. The maximum Gasteiger partial charge on any atom is 0.126 e. The van der Waals surface area contributed by atoms with Gasteiger partial charge in [0.25, 0.3) is 0 Å². The van der Waals surface area contributed by atoms with Gasteiger partial charge in [-0.05, 0) is 56.3 Å². The zero-order chi connectivity index (χ0) is 9.05. The van der Waals surface area contributed by atoms with Gasteiger partial charge in [0.1, 0.15) is 7.63 Å². The van der Waals surface area contributed by atoms with Crippen LogP contribution in [0.2, 0.25) is 0 Å². The van der Waals surface area contributed by atoms with Crippen molar-refractivity contribution in [2.75, 3.05) is 0 Å². The molecule has 0 N–H and O–H groups in total. The highest BCUT2D eigenvalue weighted by Crippen LogP contribution is 2.58. The van der Waals surface area contributed by atoms with Crippen molar-refractivity contribution in [1.82, 2.24) is 0 Å². The molecule has 0 radical (unpaired) electrons. The molecule has 0 aromatic carbocycles. The molecule has 12 heavy (non-hydrogen) atoms. The molecule has 0 spiro atoms. The summed E-state index contributed by atoms with van der Waals surface area (Å²) in [7, 11) is 0. The van der Waals surface area contributed by atoms with E-state index in [1.165, 1.54) is 19.3 Å². The highest BCUT2D eigenvalue weighted by Gasteiger charge is 2.50. The number of hydrogen-bond acceptors (Lipinski definition) is 1. The summed E-state index contributed by atoms with van der Waals surface area (Å²) in [4.78, 5) is 11.4. The van der Waals surface area contributed by atoms with E-state index in [9.17, 15) is 4.79 Å². The van der Waals surface area contributed by atoms with Crippen molar-refractivity contribution < 1.29 is 6.17 Å². The molecule has 66 valence electrons. The van der Waals surface area contributed by atoms with Gasteiger partial charge < -0.3 is 4.79 Å². The summed E-state index contributed by atoms with van der Waals surface area (Å²) in [6, 6.07) is 0. The van der Waals surface area contributed by atoms with Gasteiger partial charge in [0.15, 0.2) is 0 Å². The second-order valence-corrected chi connectivity index (χ2v) is 5.30. The number of carbonyl (C=O) groups excluding carboxylic acids is 1. The average molecular weight is 165 g/mol. The van der Waals surface area contributed by atoms with E-state index in [-0.39, 0.29) is 11.7 Å². The zero-order valence-electron chi connectivity index (χ0n) is 8.38. The van der Waals surface area contributed by atoms with E-state index in [1.54, 1.807) is 0 Å². The molecule has 4 aliphatic rings. The molecule has 0 aliphatic heterocycles. The quantitative estimate of drug-likeness (QED) is 0.545. The first-order valence-corrected chi connectivity index (χ1v) is 5.19. The fraction of sp³-hybridized carbons (Fsp3) is 0.909. The van der Waals surface area contributed by atoms with E-state index in [2.05, 4.69) is 0 Å². The summed E-state index contributed by atoms with van der Waals surface area (Å²) in [5.41, 5.74) is -0.172. The van der Waals surface area contributed by atoms with Crippen molar-refractivity contribution in [2.45, 2.75) is 38.5 Å². The Balaban J connectivity index is 1.95. The standard InChI is InChI=1S/C11H16O/c12-7-11-4-8-1-9(5-11)3-10(2-8)6-11/h7-10H,1-6H2/i7D. The lowest BCUT2D eigenvalue weighted by Gasteiger charge is -2.54. The van der Waals surface area contributed by atoms with Gasteiger partial charge in [-0.3, -0.25) is 0 Å². The van der Waals surface area contributed by atoms with E-state index in [0.29, 0.717) is 0 Å². The Hall–Kier alpha value is -0.330. The van der Waals surface area contributed by atoms with Crippen molar-refractivity contribution in [1.29, 1.82) is 0 Å². The first kappa shape index (κ1) is 6.17. The topological polar surface area (TPSA) is 17.1 Å². The van der Waals surface area contributed by atoms with Gasteiger partial charge in [-0.25, -0.2) is 0 Å². The lowest BCUT2D eigenvalue weighted by molar-refractivity contribution is -0.130. The molecule has 4 fully saturated rings. The first-order chi connectivity index (χ1) is 6.18. The van der Waals surface area contributed by atoms with Crippen LogP contribution in [0.4, 0.5) is 0 Å². The highest BCUT2D eigenvalue weighted by atomic mass is 16.1. The third-order valence-electron chi connectivity index (χ3n) is 4.25. The van der Waals surface area contributed by atoms with Gasteiger partial charge in [-0.2, -0.15) is 0 Å². The van der Waals surface area contributed by atoms with Crippen LogP contribution in [0.5, 0.6) is 0 Å². The molecule has 4 saturated carbocycles. The SMILES string of the molecule is [2H]C(=O)C12CC3CC(CC(C3)C1)C2. The smallest absolute Gasteiger partial charge is 0.126 e. The molecule has 0 atom stereocenters. The number of hydrogen-bond donors (Lipinski definition) is 0. The van der Waals surface area contributed by atoms with Crippen LogP contribution in [0.1, 0.15) is 39.9 Å². The third-order valence-corrected chi connectivity index (χ3v) is 4.25. The summed E-state index contributed by atoms with van der Waals surface area (Å²) in [5, 5.41) is 0. The van der Waals surface area contributed by atoms with Crippen LogP contribution in [-0.2, 0) is 4.79 Å². The fourth-order valence-electron chi connectivity index (χ4n) is 4.24. The molecule has 1 heteroatoms. The number of carbonyl (C=O) groups is 1. The molecular weight excluding hydrogens is 148 g/mol. The number of rotatable bonds is 1. The zero-order valence-corrected chi connectivity index (χ0v) is 7.38. The summed E-state index contributed by atoms with van der Waals surface area (Å²) < 4.78 is 7.42. The fourth-order valence-corrected chi connectivity index (χ4v) is 4.24. The van der Waals surface area contributed by atoms with Crippen molar-refractivity contribution in [3.8, 4) is 0 Å². The van der Waals surface area contributed by atoms with Crippen LogP contribution in [0.15, 0.2) is 0 Å². The summed E-state index contributed by atoms with van der Waals surface area (Å²) >= 11 is 0. The molecule has 0 aromatic heterocycles. The second-order valence-electron chi connectivity index (χ2n) is 5.30. The molecule has 4 aliphatic carbocycles. The monoisotopic (exact) mass is 165 g/mol. The van der Waals surface area contributed by atoms with Crippen LogP contribution >= 0.6 is 0 Å². The van der Waals surface area contributed by atoms with Gasteiger partial charge in [0.05, 0.1) is 0 Å². The van der Waals surface area contributed by atoms with Crippen molar-refractivity contribution >= 4 is 6.26 Å². The Labute approximate surface area is 74.9 Å². The summed E-state index contributed by atoms with van der Waals surface area (Å²) in [6.07, 6.45) is 6.93. The molecule has 0 amide bonds. The van der Waals surface area contributed by atoms with Crippen LogP contribution in [0, 0.1) is 23.2 Å². The van der Waals surface area contributed by atoms with E-state index < -0.39 is 0 Å². The predicted molar refractivity (Wildman–Crippen MR) is 46.7 cm³/mol. The van der Waals surface area contributed by atoms with E-state index in [0.717, 1.165) is 37.0 Å². The average Bonchev–Trinajstić information content (AvgIpc) is 2.00. The Morgan fingerprint density at radius 1 is 1.08 bits per heavy atom. The van der Waals surface area contributed by atoms with Gasteiger partial charge in [0.2, 0.25) is 0 Å². The Morgan fingerprint density at radius 3 is 1.83 bits per heavy atom. The summed E-state index contributed by atoms with van der Waals surface area (Å²) in [6.45, 7) is 0. The van der Waals surface area contributed by atoms with Crippen molar-refractivity contribution in [3.05, 3.63) is 0 Å². The highest BCUT2D eigenvalue weighted by molar-refractivity contribution is 5.60. The molecule has 0 aromatic rings.